The molecule has 2 atom stereocenters. The third-order valence-electron chi connectivity index (χ3n) is 3.29. The molecule has 1 aliphatic carbocycles. The fourth-order valence-electron chi connectivity index (χ4n) is 2.25. The van der Waals surface area contributed by atoms with Crippen molar-refractivity contribution >= 4 is 0 Å². The normalized spacial score (nSPS) is 25.9. The lowest BCUT2D eigenvalue weighted by Crippen LogP contribution is -2.42. The number of rotatable bonds is 4. The van der Waals surface area contributed by atoms with E-state index >= 15 is 0 Å². The molecule has 1 aliphatic rings. The van der Waals surface area contributed by atoms with E-state index in [4.69, 9.17) is 0 Å². The van der Waals surface area contributed by atoms with Gasteiger partial charge in [0.25, 0.3) is 0 Å². The molecule has 2 N–H and O–H groups in total. The SMILES string of the molecule is CCn1cnnc1CNC1CCCCC1O. The Hall–Kier alpha value is -0.940. The molecule has 1 aromatic heterocycles. The fraction of sp³-hybridized carbons (Fsp3) is 0.818. The number of aromatic nitrogens is 3. The van der Waals surface area contributed by atoms with Crippen LogP contribution < -0.4 is 5.32 Å². The van der Waals surface area contributed by atoms with Gasteiger partial charge in [0.2, 0.25) is 0 Å². The lowest BCUT2D eigenvalue weighted by Gasteiger charge is -2.28. The second-order valence-corrected chi connectivity index (χ2v) is 4.37. The van der Waals surface area contributed by atoms with Crippen molar-refractivity contribution < 1.29 is 5.11 Å². The Morgan fingerprint density at radius 1 is 1.50 bits per heavy atom. The molecule has 2 rings (SSSR count). The molecule has 0 aromatic carbocycles. The van der Waals surface area contributed by atoms with Gasteiger partial charge in [0.05, 0.1) is 12.6 Å². The highest BCUT2D eigenvalue weighted by Crippen LogP contribution is 2.18. The zero-order chi connectivity index (χ0) is 11.4. The van der Waals surface area contributed by atoms with Crippen LogP contribution in [0.3, 0.4) is 0 Å². The standard InChI is InChI=1S/C11H20N4O/c1-2-15-8-13-14-11(15)7-12-9-5-3-4-6-10(9)16/h8-10,12,16H,2-7H2,1H3. The van der Waals surface area contributed by atoms with E-state index in [-0.39, 0.29) is 12.1 Å². The molecular formula is C11H20N4O. The quantitative estimate of drug-likeness (QED) is 0.790. The summed E-state index contributed by atoms with van der Waals surface area (Å²) in [6.45, 7) is 3.65. The zero-order valence-corrected chi connectivity index (χ0v) is 9.76. The van der Waals surface area contributed by atoms with Gasteiger partial charge < -0.3 is 15.0 Å². The summed E-state index contributed by atoms with van der Waals surface area (Å²) in [5, 5.41) is 21.1. The number of aliphatic hydroxyl groups excluding tert-OH is 1. The van der Waals surface area contributed by atoms with Crippen LogP contribution >= 0.6 is 0 Å². The summed E-state index contributed by atoms with van der Waals surface area (Å²) < 4.78 is 2.02. The summed E-state index contributed by atoms with van der Waals surface area (Å²) in [6, 6.07) is 0.218. The highest BCUT2D eigenvalue weighted by atomic mass is 16.3. The van der Waals surface area contributed by atoms with Crippen molar-refractivity contribution in [2.45, 2.75) is 57.8 Å². The molecule has 5 heteroatoms. The van der Waals surface area contributed by atoms with Crippen molar-refractivity contribution in [3.63, 3.8) is 0 Å². The van der Waals surface area contributed by atoms with E-state index in [9.17, 15) is 5.11 Å². The third kappa shape index (κ3) is 2.59. The Labute approximate surface area is 95.9 Å². The summed E-state index contributed by atoms with van der Waals surface area (Å²) in [5.74, 6) is 0.945. The molecule has 0 spiro atoms. The van der Waals surface area contributed by atoms with Crippen LogP contribution in [-0.2, 0) is 13.1 Å². The Balaban J connectivity index is 1.86. The van der Waals surface area contributed by atoms with Gasteiger partial charge in [0.15, 0.2) is 0 Å². The molecule has 0 bridgehead atoms. The monoisotopic (exact) mass is 224 g/mol. The van der Waals surface area contributed by atoms with Crippen molar-refractivity contribution in [2.75, 3.05) is 0 Å². The summed E-state index contributed by atoms with van der Waals surface area (Å²) in [4.78, 5) is 0. The van der Waals surface area contributed by atoms with Crippen LogP contribution in [0.5, 0.6) is 0 Å². The molecule has 16 heavy (non-hydrogen) atoms. The fourth-order valence-corrected chi connectivity index (χ4v) is 2.25. The Morgan fingerprint density at radius 3 is 3.06 bits per heavy atom. The maximum atomic E-state index is 9.82. The zero-order valence-electron chi connectivity index (χ0n) is 9.76. The van der Waals surface area contributed by atoms with Gasteiger partial charge in [-0.2, -0.15) is 0 Å². The van der Waals surface area contributed by atoms with E-state index < -0.39 is 0 Å². The maximum absolute atomic E-state index is 9.82. The minimum atomic E-state index is -0.202. The smallest absolute Gasteiger partial charge is 0.146 e. The number of nitrogens with one attached hydrogen (secondary N) is 1. The van der Waals surface area contributed by atoms with Gasteiger partial charge in [-0.1, -0.05) is 12.8 Å². The lowest BCUT2D eigenvalue weighted by molar-refractivity contribution is 0.0897. The molecule has 5 nitrogen and oxygen atoms in total. The van der Waals surface area contributed by atoms with Gasteiger partial charge >= 0.3 is 0 Å². The topological polar surface area (TPSA) is 63.0 Å². The molecule has 0 radical (unpaired) electrons. The molecule has 1 aromatic rings. The second-order valence-electron chi connectivity index (χ2n) is 4.37. The Bertz CT molecular complexity index is 326. The summed E-state index contributed by atoms with van der Waals surface area (Å²) in [6.07, 6.45) is 5.86. The molecule has 1 saturated carbocycles. The van der Waals surface area contributed by atoms with Crippen molar-refractivity contribution in [2.24, 2.45) is 0 Å². The van der Waals surface area contributed by atoms with Crippen LogP contribution in [0.4, 0.5) is 0 Å². The van der Waals surface area contributed by atoms with Crippen molar-refractivity contribution in [1.82, 2.24) is 20.1 Å². The van der Waals surface area contributed by atoms with Gasteiger partial charge in [-0.05, 0) is 19.8 Å². The lowest BCUT2D eigenvalue weighted by atomic mass is 9.93. The summed E-state index contributed by atoms with van der Waals surface area (Å²) in [7, 11) is 0. The average Bonchev–Trinajstić information content (AvgIpc) is 2.75. The van der Waals surface area contributed by atoms with E-state index in [0.717, 1.165) is 31.6 Å². The van der Waals surface area contributed by atoms with E-state index in [1.165, 1.54) is 6.42 Å². The highest BCUT2D eigenvalue weighted by Gasteiger charge is 2.22. The van der Waals surface area contributed by atoms with Crippen LogP contribution in [0.2, 0.25) is 0 Å². The van der Waals surface area contributed by atoms with Crippen LogP contribution in [-0.4, -0.2) is 32.0 Å². The van der Waals surface area contributed by atoms with Crippen LogP contribution in [0.15, 0.2) is 6.33 Å². The minimum Gasteiger partial charge on any atom is -0.392 e. The predicted octanol–water partition coefficient (Wildman–Crippen LogP) is 0.691. The van der Waals surface area contributed by atoms with Gasteiger partial charge in [-0.15, -0.1) is 10.2 Å². The molecule has 0 amide bonds. The van der Waals surface area contributed by atoms with Gasteiger partial charge in [0.1, 0.15) is 12.2 Å². The average molecular weight is 224 g/mol. The van der Waals surface area contributed by atoms with Gasteiger partial charge in [-0.3, -0.25) is 0 Å². The largest absolute Gasteiger partial charge is 0.392 e. The van der Waals surface area contributed by atoms with Crippen LogP contribution in [0, 0.1) is 0 Å². The first-order valence-corrected chi connectivity index (χ1v) is 6.09. The van der Waals surface area contributed by atoms with E-state index in [1.54, 1.807) is 6.33 Å². The molecule has 90 valence electrons. The first-order chi connectivity index (χ1) is 7.81. The van der Waals surface area contributed by atoms with E-state index in [2.05, 4.69) is 22.4 Å². The number of aryl methyl sites for hydroxylation is 1. The second kappa shape index (κ2) is 5.41. The first-order valence-electron chi connectivity index (χ1n) is 6.09. The molecule has 1 heterocycles. The molecule has 0 saturated heterocycles. The number of hydrogen-bond donors (Lipinski definition) is 2. The van der Waals surface area contributed by atoms with Crippen LogP contribution in [0.25, 0.3) is 0 Å². The van der Waals surface area contributed by atoms with Gasteiger partial charge in [-0.25, -0.2) is 0 Å². The third-order valence-corrected chi connectivity index (χ3v) is 3.29. The Morgan fingerprint density at radius 2 is 2.31 bits per heavy atom. The van der Waals surface area contributed by atoms with Crippen LogP contribution in [0.1, 0.15) is 38.4 Å². The predicted molar refractivity (Wildman–Crippen MR) is 60.8 cm³/mol. The molecular weight excluding hydrogens is 204 g/mol. The van der Waals surface area contributed by atoms with Crippen molar-refractivity contribution in [3.05, 3.63) is 12.2 Å². The van der Waals surface area contributed by atoms with E-state index in [0.29, 0.717) is 6.54 Å². The first kappa shape index (κ1) is 11.5. The highest BCUT2D eigenvalue weighted by molar-refractivity contribution is 4.88. The number of aliphatic hydroxyl groups is 1. The molecule has 1 fully saturated rings. The molecule has 2 unspecified atom stereocenters. The summed E-state index contributed by atoms with van der Waals surface area (Å²) in [5.41, 5.74) is 0. The van der Waals surface area contributed by atoms with Crippen molar-refractivity contribution in [1.29, 1.82) is 0 Å². The van der Waals surface area contributed by atoms with Gasteiger partial charge in [0, 0.05) is 12.6 Å². The van der Waals surface area contributed by atoms with Crippen molar-refractivity contribution in [3.8, 4) is 0 Å². The summed E-state index contributed by atoms with van der Waals surface area (Å²) >= 11 is 0. The minimum absolute atomic E-state index is 0.202. The maximum Gasteiger partial charge on any atom is 0.146 e. The number of nitrogens with zero attached hydrogens (tertiary/aromatic N) is 3. The molecule has 0 aliphatic heterocycles. The number of hydrogen-bond acceptors (Lipinski definition) is 4. The Kier molecular flexibility index (Phi) is 3.90. The van der Waals surface area contributed by atoms with E-state index in [1.807, 2.05) is 4.57 Å².